The Bertz CT molecular complexity index is 463. The Hall–Kier alpha value is -1.64. The number of hydrogen-bond donors (Lipinski definition) is 1. The zero-order valence-corrected chi connectivity index (χ0v) is 12.0. The molecule has 0 aliphatic carbocycles. The molecule has 1 aromatic rings. The van der Waals surface area contributed by atoms with E-state index >= 15 is 0 Å². The molecule has 1 aromatic carbocycles. The number of carbonyl (C=O) groups excluding carboxylic acids is 1. The lowest BCUT2D eigenvalue weighted by atomic mass is 9.85. The molecule has 19 heavy (non-hydrogen) atoms. The molecule has 0 aromatic heterocycles. The van der Waals surface area contributed by atoms with Crippen molar-refractivity contribution in [2.75, 3.05) is 0 Å². The third-order valence-corrected chi connectivity index (χ3v) is 3.37. The highest BCUT2D eigenvalue weighted by Gasteiger charge is 2.27. The number of hydrogen-bond acceptors (Lipinski definition) is 2. The van der Waals surface area contributed by atoms with Crippen molar-refractivity contribution in [3.63, 3.8) is 0 Å². The first-order chi connectivity index (χ1) is 8.84. The molecule has 0 saturated heterocycles. The average molecular weight is 262 g/mol. The summed E-state index contributed by atoms with van der Waals surface area (Å²) in [5, 5.41) is 8.94. The fourth-order valence-electron chi connectivity index (χ4n) is 2.23. The summed E-state index contributed by atoms with van der Waals surface area (Å²) in [6, 6.07) is 7.80. The zero-order valence-electron chi connectivity index (χ0n) is 12.0. The van der Waals surface area contributed by atoms with Crippen LogP contribution in [0.25, 0.3) is 0 Å². The van der Waals surface area contributed by atoms with Gasteiger partial charge in [-0.2, -0.15) is 0 Å². The van der Waals surface area contributed by atoms with Crippen molar-refractivity contribution in [1.29, 1.82) is 0 Å². The molecule has 1 N–H and O–H groups in total. The Labute approximate surface area is 114 Å². The van der Waals surface area contributed by atoms with Gasteiger partial charge in [0.2, 0.25) is 0 Å². The first-order valence-corrected chi connectivity index (χ1v) is 6.69. The molecule has 0 spiro atoms. The van der Waals surface area contributed by atoms with Gasteiger partial charge >= 0.3 is 5.97 Å². The van der Waals surface area contributed by atoms with E-state index in [1.54, 1.807) is 6.92 Å². The fourth-order valence-corrected chi connectivity index (χ4v) is 2.23. The van der Waals surface area contributed by atoms with E-state index in [0.717, 1.165) is 17.5 Å². The van der Waals surface area contributed by atoms with Crippen LogP contribution in [0.15, 0.2) is 24.3 Å². The molecule has 3 nitrogen and oxygen atoms in total. The molecular formula is C16H22O3. The Balaban J connectivity index is 3.02. The molecule has 2 atom stereocenters. The van der Waals surface area contributed by atoms with Crippen LogP contribution < -0.4 is 0 Å². The van der Waals surface area contributed by atoms with Gasteiger partial charge in [-0.1, -0.05) is 45.0 Å². The predicted molar refractivity (Wildman–Crippen MR) is 75.2 cm³/mol. The van der Waals surface area contributed by atoms with Gasteiger partial charge in [0.1, 0.15) is 5.92 Å². The van der Waals surface area contributed by atoms with Crippen LogP contribution in [0.1, 0.15) is 44.7 Å². The van der Waals surface area contributed by atoms with Crippen LogP contribution in [0.4, 0.5) is 0 Å². The molecule has 1 unspecified atom stereocenters. The van der Waals surface area contributed by atoms with Gasteiger partial charge in [0.25, 0.3) is 0 Å². The summed E-state index contributed by atoms with van der Waals surface area (Å²) < 4.78 is 0. The first kappa shape index (κ1) is 15.4. The number of Topliss-reactive ketones (excluding diaryl/α,β-unsaturated/α-hetero) is 1. The molecule has 0 amide bonds. The van der Waals surface area contributed by atoms with Gasteiger partial charge in [0, 0.05) is 5.92 Å². The van der Waals surface area contributed by atoms with E-state index in [1.165, 1.54) is 6.92 Å². The summed E-state index contributed by atoms with van der Waals surface area (Å²) in [6.07, 6.45) is 0.898. The summed E-state index contributed by atoms with van der Waals surface area (Å²) >= 11 is 0. The number of carboxylic acid groups (broad SMARTS) is 1. The lowest BCUT2D eigenvalue weighted by Crippen LogP contribution is -2.25. The second kappa shape index (κ2) is 6.50. The third-order valence-electron chi connectivity index (χ3n) is 3.37. The Morgan fingerprint density at radius 3 is 2.21 bits per heavy atom. The molecule has 0 bridgehead atoms. The standard InChI is InChI=1S/C16H22O3/c1-10(2)9-13-7-5-6-8-14(13)11(3)15(17)12(4)16(18)19/h5-8,10-12H,9H2,1-4H3,(H,18,19)/t11?,12-/m1/s1. The number of ketones is 1. The van der Waals surface area contributed by atoms with E-state index in [9.17, 15) is 9.59 Å². The summed E-state index contributed by atoms with van der Waals surface area (Å²) in [5.41, 5.74) is 2.09. The lowest BCUT2D eigenvalue weighted by molar-refractivity contribution is -0.145. The number of carboxylic acids is 1. The predicted octanol–water partition coefficient (Wildman–Crippen LogP) is 3.28. The molecule has 0 fully saturated rings. The second-order valence-electron chi connectivity index (χ2n) is 5.48. The molecule has 0 aliphatic rings. The van der Waals surface area contributed by atoms with Crippen LogP contribution in [0.2, 0.25) is 0 Å². The van der Waals surface area contributed by atoms with Crippen LogP contribution in [-0.4, -0.2) is 16.9 Å². The van der Waals surface area contributed by atoms with Crippen LogP contribution in [0.5, 0.6) is 0 Å². The smallest absolute Gasteiger partial charge is 0.313 e. The first-order valence-electron chi connectivity index (χ1n) is 6.69. The Morgan fingerprint density at radius 2 is 1.68 bits per heavy atom. The highest BCUT2D eigenvalue weighted by atomic mass is 16.4. The number of carbonyl (C=O) groups is 2. The average Bonchev–Trinajstić information content (AvgIpc) is 2.36. The Kier molecular flexibility index (Phi) is 5.28. The van der Waals surface area contributed by atoms with Gasteiger partial charge in [-0.15, -0.1) is 0 Å². The van der Waals surface area contributed by atoms with E-state index in [0.29, 0.717) is 5.92 Å². The zero-order chi connectivity index (χ0) is 14.6. The van der Waals surface area contributed by atoms with Crippen molar-refractivity contribution in [3.05, 3.63) is 35.4 Å². The van der Waals surface area contributed by atoms with E-state index in [-0.39, 0.29) is 11.7 Å². The number of rotatable bonds is 6. The van der Waals surface area contributed by atoms with Crippen molar-refractivity contribution in [3.8, 4) is 0 Å². The topological polar surface area (TPSA) is 54.4 Å². The molecule has 104 valence electrons. The van der Waals surface area contributed by atoms with Crippen LogP contribution in [-0.2, 0) is 16.0 Å². The maximum atomic E-state index is 12.1. The normalized spacial score (nSPS) is 14.2. The van der Waals surface area contributed by atoms with Crippen molar-refractivity contribution in [1.82, 2.24) is 0 Å². The van der Waals surface area contributed by atoms with E-state index in [4.69, 9.17) is 5.11 Å². The van der Waals surface area contributed by atoms with Gasteiger partial charge in [0.15, 0.2) is 5.78 Å². The van der Waals surface area contributed by atoms with Gasteiger partial charge in [-0.25, -0.2) is 0 Å². The number of aliphatic carboxylic acids is 1. The van der Waals surface area contributed by atoms with Crippen LogP contribution >= 0.6 is 0 Å². The summed E-state index contributed by atoms with van der Waals surface area (Å²) in [4.78, 5) is 23.1. The van der Waals surface area contributed by atoms with Gasteiger partial charge in [-0.05, 0) is 30.4 Å². The molecule has 3 heteroatoms. The van der Waals surface area contributed by atoms with Crippen molar-refractivity contribution in [2.45, 2.75) is 40.0 Å². The molecule has 1 rings (SSSR count). The van der Waals surface area contributed by atoms with Gasteiger partial charge in [0.05, 0.1) is 0 Å². The van der Waals surface area contributed by atoms with Crippen LogP contribution in [0.3, 0.4) is 0 Å². The molecular weight excluding hydrogens is 240 g/mol. The maximum absolute atomic E-state index is 12.1. The largest absolute Gasteiger partial charge is 0.481 e. The van der Waals surface area contributed by atoms with Crippen molar-refractivity contribution in [2.24, 2.45) is 11.8 Å². The molecule has 0 heterocycles. The van der Waals surface area contributed by atoms with Crippen molar-refractivity contribution < 1.29 is 14.7 Å². The second-order valence-corrected chi connectivity index (χ2v) is 5.48. The number of benzene rings is 1. The third kappa shape index (κ3) is 3.91. The monoisotopic (exact) mass is 262 g/mol. The highest BCUT2D eigenvalue weighted by Crippen LogP contribution is 2.25. The quantitative estimate of drug-likeness (QED) is 0.800. The molecule has 0 saturated carbocycles. The Morgan fingerprint density at radius 1 is 1.11 bits per heavy atom. The molecule has 0 radical (unpaired) electrons. The lowest BCUT2D eigenvalue weighted by Gasteiger charge is -2.18. The van der Waals surface area contributed by atoms with E-state index in [1.807, 2.05) is 24.3 Å². The van der Waals surface area contributed by atoms with Crippen molar-refractivity contribution >= 4 is 11.8 Å². The van der Waals surface area contributed by atoms with Crippen LogP contribution in [0, 0.1) is 11.8 Å². The highest BCUT2D eigenvalue weighted by molar-refractivity contribution is 6.01. The van der Waals surface area contributed by atoms with Gasteiger partial charge in [-0.3, -0.25) is 9.59 Å². The van der Waals surface area contributed by atoms with Gasteiger partial charge < -0.3 is 5.11 Å². The summed E-state index contributed by atoms with van der Waals surface area (Å²) in [5.74, 6) is -2.12. The van der Waals surface area contributed by atoms with E-state index in [2.05, 4.69) is 13.8 Å². The summed E-state index contributed by atoms with van der Waals surface area (Å²) in [6.45, 7) is 7.50. The fraction of sp³-hybridized carbons (Fsp3) is 0.500. The van der Waals surface area contributed by atoms with E-state index < -0.39 is 11.9 Å². The summed E-state index contributed by atoms with van der Waals surface area (Å²) in [7, 11) is 0. The molecule has 0 aliphatic heterocycles. The minimum Gasteiger partial charge on any atom is -0.481 e. The maximum Gasteiger partial charge on any atom is 0.313 e. The minimum absolute atomic E-state index is 0.233. The SMILES string of the molecule is CC(C)Cc1ccccc1C(C)C(=O)[C@@H](C)C(=O)O. The minimum atomic E-state index is -1.06.